The molecule has 6 rings (SSSR count). The molecule has 15 nitrogen and oxygen atoms in total. The first-order valence-electron chi connectivity index (χ1n) is 15.9. The third kappa shape index (κ3) is 7.00. The average molecular weight is 673 g/mol. The molecule has 0 saturated carbocycles. The van der Waals surface area contributed by atoms with Crippen molar-refractivity contribution in [1.82, 2.24) is 0 Å². The monoisotopic (exact) mass is 672 g/mol. The lowest BCUT2D eigenvalue weighted by molar-refractivity contribution is -0.395. The molecule has 5 fully saturated rings. The third-order valence-electron chi connectivity index (χ3n) is 9.51. The van der Waals surface area contributed by atoms with Crippen LogP contribution in [-0.2, 0) is 71.1 Å². The molecule has 47 heavy (non-hydrogen) atoms. The summed E-state index contributed by atoms with van der Waals surface area (Å²) in [7, 11) is 11.1. The Morgan fingerprint density at radius 2 is 1.15 bits per heavy atom. The zero-order valence-electron chi connectivity index (χ0n) is 27.9. The van der Waals surface area contributed by atoms with Crippen LogP contribution >= 0.6 is 0 Å². The van der Waals surface area contributed by atoms with Gasteiger partial charge in [-0.25, -0.2) is 0 Å². The molecule has 5 heterocycles. The van der Waals surface area contributed by atoms with E-state index in [1.807, 2.05) is 30.3 Å². The molecule has 5 aliphatic rings. The largest absolute Gasteiger partial charge is 0.382 e. The van der Waals surface area contributed by atoms with Crippen molar-refractivity contribution < 1.29 is 71.1 Å². The number of hydrogen-bond acceptors (Lipinski definition) is 15. The molecule has 0 aliphatic carbocycles. The molecule has 1 aromatic rings. The van der Waals surface area contributed by atoms with E-state index in [1.54, 1.807) is 49.8 Å². The van der Waals surface area contributed by atoms with Gasteiger partial charge in [0.15, 0.2) is 25.2 Å². The summed E-state index contributed by atoms with van der Waals surface area (Å²) >= 11 is 0. The second-order valence-electron chi connectivity index (χ2n) is 12.0. The first-order chi connectivity index (χ1) is 23.0. The van der Waals surface area contributed by atoms with Gasteiger partial charge < -0.3 is 71.1 Å². The van der Waals surface area contributed by atoms with Crippen LogP contribution in [0, 0.1) is 0 Å². The van der Waals surface area contributed by atoms with Crippen LogP contribution in [0.25, 0.3) is 0 Å². The summed E-state index contributed by atoms with van der Waals surface area (Å²) in [4.78, 5) is 0. The highest BCUT2D eigenvalue weighted by Crippen LogP contribution is 2.40. The van der Waals surface area contributed by atoms with Gasteiger partial charge in [-0.1, -0.05) is 30.3 Å². The Kier molecular flexibility index (Phi) is 12.1. The van der Waals surface area contributed by atoms with Gasteiger partial charge in [0.25, 0.3) is 0 Å². The molecule has 15 heteroatoms. The summed E-state index contributed by atoms with van der Waals surface area (Å²) in [6.07, 6.45) is -9.93. The van der Waals surface area contributed by atoms with Crippen LogP contribution in [0.2, 0.25) is 0 Å². The van der Waals surface area contributed by atoms with E-state index in [9.17, 15) is 0 Å². The first-order valence-corrected chi connectivity index (χ1v) is 15.9. The fourth-order valence-corrected chi connectivity index (χ4v) is 7.25. The lowest BCUT2D eigenvalue weighted by Crippen LogP contribution is -2.67. The van der Waals surface area contributed by atoms with E-state index in [1.165, 1.54) is 0 Å². The molecule has 0 radical (unpaired) electrons. The third-order valence-corrected chi connectivity index (χ3v) is 9.51. The fraction of sp³-hybridized carbons (Fsp3) is 0.812. The number of hydrogen-bond donors (Lipinski definition) is 0. The van der Waals surface area contributed by atoms with E-state index in [2.05, 4.69) is 0 Å². The Balaban J connectivity index is 1.20. The molecule has 2 bridgehead atoms. The number of fused-ring (bicyclic) bond motifs is 3. The molecular formula is C32H48O15. The number of benzene rings is 1. The SMILES string of the molecule is COCC1O[C@@H](O[C@H]2C(OC)C(OC)[C@@H]3OC[C@@H]2O3)C(OC)[C@@H](OC)[C@@H]1O[C@@H]1OC2COC(c3ccccc3)O[C@H]2[C@H](OC)C1OC. The molecule has 266 valence electrons. The summed E-state index contributed by atoms with van der Waals surface area (Å²) in [5.74, 6) is 0. The van der Waals surface area contributed by atoms with E-state index < -0.39 is 98.4 Å². The maximum Gasteiger partial charge on any atom is 0.187 e. The molecule has 7 unspecified atom stereocenters. The Morgan fingerprint density at radius 3 is 1.81 bits per heavy atom. The van der Waals surface area contributed by atoms with Gasteiger partial charge in [-0.05, 0) is 0 Å². The van der Waals surface area contributed by atoms with E-state index in [0.717, 1.165) is 5.56 Å². The smallest absolute Gasteiger partial charge is 0.187 e. The minimum atomic E-state index is -0.914. The molecule has 16 atom stereocenters. The second-order valence-corrected chi connectivity index (χ2v) is 12.0. The van der Waals surface area contributed by atoms with Crippen molar-refractivity contribution in [1.29, 1.82) is 0 Å². The topological polar surface area (TPSA) is 138 Å². The molecule has 5 aliphatic heterocycles. The van der Waals surface area contributed by atoms with Crippen LogP contribution in [0.3, 0.4) is 0 Å². The number of ether oxygens (including phenoxy) is 15. The second kappa shape index (κ2) is 16.1. The van der Waals surface area contributed by atoms with Gasteiger partial charge in [0, 0.05) is 55.3 Å². The quantitative estimate of drug-likeness (QED) is 0.292. The minimum Gasteiger partial charge on any atom is -0.382 e. The lowest BCUT2D eigenvalue weighted by atomic mass is 9.95. The molecule has 0 aromatic heterocycles. The van der Waals surface area contributed by atoms with E-state index >= 15 is 0 Å². The van der Waals surface area contributed by atoms with Crippen LogP contribution in [0.15, 0.2) is 30.3 Å². The predicted molar refractivity (Wildman–Crippen MR) is 158 cm³/mol. The van der Waals surface area contributed by atoms with Crippen LogP contribution < -0.4 is 0 Å². The van der Waals surface area contributed by atoms with Crippen molar-refractivity contribution >= 4 is 0 Å². The standard InChI is InChI=1S/C32H48O15/c1-33-13-17-20(24(35-3)27(38-6)31(43-17)47-22-18-15-41-30(42-18)26(37-5)23(22)34-2)46-32-28(39-7)25(36-4)21-19(44-32)14-40-29(45-21)16-11-9-8-10-12-16/h8-12,17-32H,13-15H2,1-7H3/t17?,18-,19?,20+,21+,22+,23?,24-,25-,26?,27?,28?,29?,30+,31-,32-/m0/s1. The van der Waals surface area contributed by atoms with Crippen molar-refractivity contribution in [3.8, 4) is 0 Å². The maximum absolute atomic E-state index is 6.70. The summed E-state index contributed by atoms with van der Waals surface area (Å²) in [6, 6.07) is 9.72. The van der Waals surface area contributed by atoms with Crippen molar-refractivity contribution in [3.05, 3.63) is 35.9 Å². The van der Waals surface area contributed by atoms with E-state index in [4.69, 9.17) is 71.1 Å². The van der Waals surface area contributed by atoms with E-state index in [0.29, 0.717) is 6.61 Å². The summed E-state index contributed by atoms with van der Waals surface area (Å²) in [5.41, 5.74) is 0.898. The Labute approximate surface area is 275 Å². The van der Waals surface area contributed by atoms with Crippen LogP contribution in [0.5, 0.6) is 0 Å². The molecule has 5 saturated heterocycles. The minimum absolute atomic E-state index is 0.153. The lowest BCUT2D eigenvalue weighted by Gasteiger charge is -2.51. The predicted octanol–water partition coefficient (Wildman–Crippen LogP) is 0.812. The summed E-state index contributed by atoms with van der Waals surface area (Å²) in [5, 5.41) is 0. The zero-order chi connectivity index (χ0) is 33.1. The van der Waals surface area contributed by atoms with Gasteiger partial charge >= 0.3 is 0 Å². The summed E-state index contributed by atoms with van der Waals surface area (Å²) < 4.78 is 91.5. The van der Waals surface area contributed by atoms with Gasteiger partial charge in [-0.3, -0.25) is 0 Å². The van der Waals surface area contributed by atoms with Crippen molar-refractivity contribution in [2.75, 3.05) is 69.6 Å². The van der Waals surface area contributed by atoms with Crippen LogP contribution in [-0.4, -0.2) is 162 Å². The van der Waals surface area contributed by atoms with Gasteiger partial charge in [-0.2, -0.15) is 0 Å². The average Bonchev–Trinajstić information content (AvgIpc) is 3.54. The highest BCUT2D eigenvalue weighted by atomic mass is 16.8. The Hall–Kier alpha value is -1.38. The van der Waals surface area contributed by atoms with Crippen molar-refractivity contribution in [2.24, 2.45) is 0 Å². The number of rotatable bonds is 13. The number of methoxy groups -OCH3 is 7. The van der Waals surface area contributed by atoms with Crippen LogP contribution in [0.1, 0.15) is 11.9 Å². The first kappa shape index (κ1) is 35.4. The molecule has 1 aromatic carbocycles. The fourth-order valence-electron chi connectivity index (χ4n) is 7.25. The Bertz CT molecular complexity index is 1100. The molecular weight excluding hydrogens is 624 g/mol. The molecule has 0 spiro atoms. The van der Waals surface area contributed by atoms with Crippen molar-refractivity contribution in [3.63, 3.8) is 0 Å². The van der Waals surface area contributed by atoms with Gasteiger partial charge in [0.05, 0.1) is 19.8 Å². The zero-order valence-corrected chi connectivity index (χ0v) is 27.9. The van der Waals surface area contributed by atoms with Crippen LogP contribution in [0.4, 0.5) is 0 Å². The normalized spacial score (nSPS) is 45.1. The Morgan fingerprint density at radius 1 is 0.553 bits per heavy atom. The summed E-state index contributed by atoms with van der Waals surface area (Å²) in [6.45, 7) is 0.728. The maximum atomic E-state index is 6.70. The van der Waals surface area contributed by atoms with Gasteiger partial charge in [0.2, 0.25) is 0 Å². The highest BCUT2D eigenvalue weighted by Gasteiger charge is 2.58. The molecule has 0 amide bonds. The van der Waals surface area contributed by atoms with Crippen molar-refractivity contribution in [2.45, 2.75) is 98.4 Å². The van der Waals surface area contributed by atoms with E-state index in [-0.39, 0.29) is 13.2 Å². The highest BCUT2D eigenvalue weighted by molar-refractivity contribution is 5.16. The van der Waals surface area contributed by atoms with Gasteiger partial charge in [0.1, 0.15) is 73.2 Å². The molecule has 0 N–H and O–H groups in total. The van der Waals surface area contributed by atoms with Gasteiger partial charge in [-0.15, -0.1) is 0 Å².